The number of anilines is 1. The summed E-state index contributed by atoms with van der Waals surface area (Å²) in [5.41, 5.74) is 1.65. The van der Waals surface area contributed by atoms with Gasteiger partial charge in [0.1, 0.15) is 28.8 Å². The predicted molar refractivity (Wildman–Crippen MR) is 226 cm³/mol. The van der Waals surface area contributed by atoms with E-state index in [0.717, 1.165) is 61.0 Å². The number of nitrogens with one attached hydrogen (secondary N) is 4. The second kappa shape index (κ2) is 27.1. The van der Waals surface area contributed by atoms with Crippen molar-refractivity contribution in [1.82, 2.24) is 29.9 Å². The normalized spacial score (nSPS) is 15.7. The van der Waals surface area contributed by atoms with Crippen molar-refractivity contribution in [2.75, 3.05) is 19.0 Å². The van der Waals surface area contributed by atoms with Gasteiger partial charge in [0.25, 0.3) is 5.56 Å². The zero-order valence-corrected chi connectivity index (χ0v) is 33.8. The highest BCUT2D eigenvalue weighted by atomic mass is 32.2. The number of carbonyl (C=O) groups excluding carboxylic acids is 3. The number of nitrogens with zero attached hydrogens (tertiary/aromatic N) is 3. The molecule has 3 heterocycles. The summed E-state index contributed by atoms with van der Waals surface area (Å²) in [7, 11) is 0.527. The zero-order chi connectivity index (χ0) is 42.1. The Hall–Kier alpha value is -5.56. The largest absolute Gasteiger partial charge is 0.497 e. The molecule has 2 aromatic heterocycles. The van der Waals surface area contributed by atoms with Crippen LogP contribution in [-0.2, 0) is 25.4 Å². The summed E-state index contributed by atoms with van der Waals surface area (Å²) in [4.78, 5) is 59.8. The molecule has 296 valence electrons. The fourth-order valence-electron chi connectivity index (χ4n) is 5.17. The summed E-state index contributed by atoms with van der Waals surface area (Å²) in [6.07, 6.45) is 31.8. The number of ether oxygens (including phenoxy) is 1. The van der Waals surface area contributed by atoms with Crippen LogP contribution in [0.1, 0.15) is 63.8 Å². The average Bonchev–Trinajstić information content (AvgIpc) is 4.15. The van der Waals surface area contributed by atoms with E-state index in [1.54, 1.807) is 30.3 Å². The molecule has 3 fully saturated rings. The average molecular weight is 792 g/mol. The van der Waals surface area contributed by atoms with Gasteiger partial charge >= 0.3 is 0 Å². The summed E-state index contributed by atoms with van der Waals surface area (Å²) >= 11 is 3.83. The van der Waals surface area contributed by atoms with Crippen LogP contribution in [0.15, 0.2) is 41.3 Å². The molecule has 3 aliphatic rings. The maximum Gasteiger partial charge on any atom is 0.255 e. The summed E-state index contributed by atoms with van der Waals surface area (Å²) in [5.74, 6) is 4.06. The van der Waals surface area contributed by atoms with Crippen molar-refractivity contribution in [1.29, 1.82) is 0 Å². The monoisotopic (exact) mass is 791 g/mol. The molecule has 0 bridgehead atoms. The highest BCUT2D eigenvalue weighted by Gasteiger charge is 2.39. The number of H-pyrrole nitrogens is 1. The highest BCUT2D eigenvalue weighted by Crippen LogP contribution is 2.25. The number of pyridine rings is 1. The molecule has 55 heavy (non-hydrogen) atoms. The molecule has 2 saturated carbocycles. The molecule has 3 atom stereocenters. The summed E-state index contributed by atoms with van der Waals surface area (Å²) < 4.78 is 17.8. The van der Waals surface area contributed by atoms with Gasteiger partial charge in [0.15, 0.2) is 0 Å². The number of terminal acetylenes is 3. The van der Waals surface area contributed by atoms with Crippen molar-refractivity contribution in [3.8, 4) is 44.3 Å². The van der Waals surface area contributed by atoms with Crippen molar-refractivity contribution < 1.29 is 23.3 Å². The maximum absolute atomic E-state index is 13.2. The van der Waals surface area contributed by atoms with Crippen LogP contribution >= 0.6 is 12.2 Å². The Morgan fingerprint density at radius 3 is 2.11 bits per heavy atom. The fraction of sp³-hybridized carbons (Fsp3) is 0.425. The number of thiocarbonyl (C=S) groups is 1. The third-order valence-corrected chi connectivity index (χ3v) is 9.34. The van der Waals surface area contributed by atoms with Gasteiger partial charge < -0.3 is 25.3 Å². The SMILES string of the molecule is C#C.C#C.C#C.C=S.COc1ccc2c(=O)[nH]ccc2c1.Cc1cc(C)nc(NC(C(=O)N2CCC[C@H]2C(=O)NC2CC2)C(C)C)n1.O=CNS(=O)C1CC1. The van der Waals surface area contributed by atoms with Gasteiger partial charge in [0.2, 0.25) is 24.2 Å². The van der Waals surface area contributed by atoms with E-state index in [-0.39, 0.29) is 34.6 Å². The molecular formula is C40H53N7O6S2. The second-order valence-corrected chi connectivity index (χ2v) is 13.8. The van der Waals surface area contributed by atoms with Gasteiger partial charge in [-0.1, -0.05) is 26.1 Å². The standard InChI is InChI=1S/C19H29N5O2.C10H9NO2.C4H7NO2S.3C2H2.CH2S/c1-11(2)16(23-19-20-12(3)10-13(4)21-19)18(26)24-9-5-6-15(24)17(25)22-14-7-8-14;1-13-8-2-3-9-7(6-8)4-5-11-10(9)12;6-3-5-8(7)4-1-2-4;4*1-2/h10-11,14-16H,5-9H2,1-4H3,(H,22,25)(H,20,21,23);2-6H,1H3,(H,11,12);3-4H,1-2H2,(H,5,6);3*1-2H;1H2/t15-,16?;;;;;;/m0....../s1. The Morgan fingerprint density at radius 1 is 1.00 bits per heavy atom. The van der Waals surface area contributed by atoms with E-state index in [1.807, 2.05) is 45.9 Å². The molecule has 1 aromatic carbocycles. The molecule has 3 amide bonds. The Labute approximate surface area is 333 Å². The van der Waals surface area contributed by atoms with Gasteiger partial charge in [0, 0.05) is 35.6 Å². The highest BCUT2D eigenvalue weighted by molar-refractivity contribution is 7.84. The van der Waals surface area contributed by atoms with E-state index >= 15 is 0 Å². The zero-order valence-electron chi connectivity index (χ0n) is 32.2. The number of hydrogen-bond donors (Lipinski definition) is 4. The number of aryl methyl sites for hydroxylation is 2. The Kier molecular flexibility index (Phi) is 24.3. The predicted octanol–water partition coefficient (Wildman–Crippen LogP) is 4.26. The van der Waals surface area contributed by atoms with Crippen LogP contribution in [0, 0.1) is 58.3 Å². The quantitative estimate of drug-likeness (QED) is 0.132. The summed E-state index contributed by atoms with van der Waals surface area (Å²) in [6, 6.07) is 8.62. The van der Waals surface area contributed by atoms with Gasteiger partial charge in [-0.05, 0) is 99.9 Å². The molecular weight excluding hydrogens is 739 g/mol. The van der Waals surface area contributed by atoms with Crippen molar-refractivity contribution in [3.05, 3.63) is 58.3 Å². The number of likely N-dealkylation sites (tertiary alicyclic amines) is 1. The summed E-state index contributed by atoms with van der Waals surface area (Å²) in [6.45, 7) is 8.43. The number of aromatic nitrogens is 3. The van der Waals surface area contributed by atoms with Gasteiger partial charge in [0.05, 0.1) is 12.4 Å². The molecule has 1 saturated heterocycles. The third kappa shape index (κ3) is 17.0. The molecule has 15 heteroatoms. The number of amides is 3. The van der Waals surface area contributed by atoms with Gasteiger partial charge in [-0.25, -0.2) is 14.2 Å². The fourth-order valence-corrected chi connectivity index (χ4v) is 6.02. The summed E-state index contributed by atoms with van der Waals surface area (Å²) in [5, 5.41) is 8.07. The minimum Gasteiger partial charge on any atom is -0.497 e. The van der Waals surface area contributed by atoms with Gasteiger partial charge in [-0.15, -0.1) is 38.5 Å². The molecule has 6 rings (SSSR count). The molecule has 3 aromatic rings. The van der Waals surface area contributed by atoms with Crippen LogP contribution in [0.25, 0.3) is 10.8 Å². The minimum absolute atomic E-state index is 0.0106. The number of carbonyl (C=O) groups is 3. The molecule has 2 unspecified atom stereocenters. The molecule has 0 radical (unpaired) electrons. The van der Waals surface area contributed by atoms with E-state index in [1.165, 1.54) is 0 Å². The number of aromatic amines is 1. The van der Waals surface area contributed by atoms with Gasteiger partial charge in [-0.2, -0.15) is 0 Å². The molecule has 4 N–H and O–H groups in total. The van der Waals surface area contributed by atoms with E-state index in [4.69, 9.17) is 4.74 Å². The van der Waals surface area contributed by atoms with E-state index in [0.29, 0.717) is 30.3 Å². The van der Waals surface area contributed by atoms with E-state index in [9.17, 15) is 23.4 Å². The number of benzene rings is 1. The molecule has 1 aliphatic heterocycles. The lowest BCUT2D eigenvalue weighted by Gasteiger charge is -2.30. The number of methoxy groups -OCH3 is 1. The third-order valence-electron chi connectivity index (χ3n) is 7.93. The van der Waals surface area contributed by atoms with Crippen LogP contribution in [0.3, 0.4) is 0 Å². The first-order valence-electron chi connectivity index (χ1n) is 17.2. The molecule has 0 spiro atoms. The van der Waals surface area contributed by atoms with E-state index in [2.05, 4.69) is 86.9 Å². The lowest BCUT2D eigenvalue weighted by Crippen LogP contribution is -2.52. The van der Waals surface area contributed by atoms with Crippen molar-refractivity contribution >= 4 is 64.0 Å². The minimum atomic E-state index is -1.08. The number of rotatable bonds is 10. The van der Waals surface area contributed by atoms with Crippen LogP contribution in [0.5, 0.6) is 5.75 Å². The smallest absolute Gasteiger partial charge is 0.255 e. The Morgan fingerprint density at radius 2 is 1.60 bits per heavy atom. The first-order valence-corrected chi connectivity index (χ1v) is 19.0. The number of fused-ring (bicyclic) bond motifs is 1. The first-order chi connectivity index (χ1) is 26.5. The Bertz CT molecular complexity index is 1770. The Balaban J connectivity index is 0.000000834. The van der Waals surface area contributed by atoms with Crippen LogP contribution in [0.2, 0.25) is 0 Å². The van der Waals surface area contributed by atoms with Crippen LogP contribution in [0.4, 0.5) is 5.95 Å². The van der Waals surface area contributed by atoms with Crippen LogP contribution < -0.4 is 25.7 Å². The molecule has 13 nitrogen and oxygen atoms in total. The van der Waals surface area contributed by atoms with Crippen molar-refractivity contribution in [3.63, 3.8) is 0 Å². The van der Waals surface area contributed by atoms with Gasteiger partial charge in [-0.3, -0.25) is 23.9 Å². The topological polar surface area (TPSA) is 175 Å². The lowest BCUT2D eigenvalue weighted by atomic mass is 10.0. The number of hydrogen-bond acceptors (Lipinski definition) is 10. The second-order valence-electron chi connectivity index (χ2n) is 12.3. The molecule has 2 aliphatic carbocycles. The van der Waals surface area contributed by atoms with E-state index < -0.39 is 17.0 Å². The van der Waals surface area contributed by atoms with Crippen molar-refractivity contribution in [2.24, 2.45) is 5.92 Å². The first kappa shape index (κ1) is 49.4. The van der Waals surface area contributed by atoms with Crippen molar-refractivity contribution in [2.45, 2.75) is 89.6 Å². The maximum atomic E-state index is 13.2. The lowest BCUT2D eigenvalue weighted by molar-refractivity contribution is -0.139. The van der Waals surface area contributed by atoms with Crippen LogP contribution in [-0.4, -0.2) is 85.2 Å².